The third kappa shape index (κ3) is 2.67. The van der Waals surface area contributed by atoms with Gasteiger partial charge in [0.2, 0.25) is 0 Å². The second-order valence-corrected chi connectivity index (χ2v) is 3.16. The number of phenols is 1. The summed E-state index contributed by atoms with van der Waals surface area (Å²) in [6.07, 6.45) is 4.54. The Kier molecular flexibility index (Phi) is 4.33. The van der Waals surface area contributed by atoms with Gasteiger partial charge in [-0.25, -0.2) is 0 Å². The lowest BCUT2D eigenvalue weighted by Gasteiger charge is -2.04. The van der Waals surface area contributed by atoms with Crippen LogP contribution in [0.15, 0.2) is 24.3 Å². The Bertz CT molecular complexity index is 321. The van der Waals surface area contributed by atoms with E-state index in [0.29, 0.717) is 11.6 Å². The van der Waals surface area contributed by atoms with Crippen molar-refractivity contribution in [3.8, 4) is 11.5 Å². The molecule has 0 amide bonds. The van der Waals surface area contributed by atoms with Crippen molar-refractivity contribution in [3.05, 3.63) is 29.8 Å². The molecule has 0 aliphatic rings. The highest BCUT2D eigenvalue weighted by Crippen LogP contribution is 2.30. The first-order chi connectivity index (χ1) is 6.79. The molecule has 0 unspecified atom stereocenters. The average Bonchev–Trinajstić information content (AvgIpc) is 2.21. The molecule has 3 heteroatoms. The molecule has 0 aliphatic carbocycles. The Hall–Kier alpha value is -1.15. The molecular formula is C11H13ClO2. The van der Waals surface area contributed by atoms with Gasteiger partial charge in [-0.3, -0.25) is 0 Å². The van der Waals surface area contributed by atoms with Gasteiger partial charge >= 0.3 is 0 Å². The van der Waals surface area contributed by atoms with E-state index in [9.17, 15) is 5.11 Å². The number of hydrogen-bond acceptors (Lipinski definition) is 2. The minimum atomic E-state index is 0.167. The zero-order valence-corrected chi connectivity index (χ0v) is 8.79. The molecule has 14 heavy (non-hydrogen) atoms. The first-order valence-corrected chi connectivity index (χ1v) is 4.91. The summed E-state index contributed by atoms with van der Waals surface area (Å²) < 4.78 is 4.98. The van der Waals surface area contributed by atoms with Crippen LogP contribution in [0.2, 0.25) is 0 Å². The zero-order chi connectivity index (χ0) is 10.4. The van der Waals surface area contributed by atoms with Gasteiger partial charge in [-0.05, 0) is 12.5 Å². The first-order valence-electron chi connectivity index (χ1n) is 4.38. The van der Waals surface area contributed by atoms with Crippen LogP contribution in [0.1, 0.15) is 12.0 Å². The monoisotopic (exact) mass is 212 g/mol. The van der Waals surface area contributed by atoms with E-state index in [2.05, 4.69) is 0 Å². The molecule has 0 saturated heterocycles. The standard InChI is InChI=1S/C11H13ClO2/c1-14-10-7-4-6-9(11(10)13)5-2-3-8-12/h2,4-7,13H,3,8H2,1H3. The number of hydrogen-bond donors (Lipinski definition) is 1. The SMILES string of the molecule is COc1cccc(C=CCCCl)c1O. The first kappa shape index (κ1) is 10.9. The van der Waals surface area contributed by atoms with Gasteiger partial charge in [0.05, 0.1) is 7.11 Å². The van der Waals surface area contributed by atoms with E-state index in [4.69, 9.17) is 16.3 Å². The molecule has 1 aromatic rings. The molecule has 1 rings (SSSR count). The third-order valence-corrected chi connectivity index (χ3v) is 2.04. The number of aromatic hydroxyl groups is 1. The van der Waals surface area contributed by atoms with Crippen molar-refractivity contribution in [2.24, 2.45) is 0 Å². The number of ether oxygens (including phenoxy) is 1. The fourth-order valence-corrected chi connectivity index (χ4v) is 1.24. The van der Waals surface area contributed by atoms with Crippen molar-refractivity contribution in [3.63, 3.8) is 0 Å². The molecule has 0 saturated carbocycles. The van der Waals surface area contributed by atoms with Gasteiger partial charge in [-0.15, -0.1) is 11.6 Å². The fourth-order valence-electron chi connectivity index (χ4n) is 1.11. The van der Waals surface area contributed by atoms with Crippen molar-refractivity contribution in [1.29, 1.82) is 0 Å². The summed E-state index contributed by atoms with van der Waals surface area (Å²) in [7, 11) is 1.53. The van der Waals surface area contributed by atoms with Gasteiger partial charge in [0, 0.05) is 11.4 Å². The van der Waals surface area contributed by atoms with Crippen LogP contribution in [0.25, 0.3) is 6.08 Å². The molecular weight excluding hydrogens is 200 g/mol. The van der Waals surface area contributed by atoms with Crippen LogP contribution in [0, 0.1) is 0 Å². The van der Waals surface area contributed by atoms with E-state index >= 15 is 0 Å². The number of para-hydroxylation sites is 1. The van der Waals surface area contributed by atoms with Crippen LogP contribution in [0.3, 0.4) is 0 Å². The summed E-state index contributed by atoms with van der Waals surface area (Å²) in [4.78, 5) is 0. The van der Waals surface area contributed by atoms with E-state index in [0.717, 1.165) is 12.0 Å². The highest BCUT2D eigenvalue weighted by molar-refractivity contribution is 6.17. The lowest BCUT2D eigenvalue weighted by molar-refractivity contribution is 0.373. The summed E-state index contributed by atoms with van der Waals surface area (Å²) in [5.74, 6) is 1.24. The number of phenolic OH excluding ortho intramolecular Hbond substituents is 1. The minimum absolute atomic E-state index is 0.167. The third-order valence-electron chi connectivity index (χ3n) is 1.82. The maximum Gasteiger partial charge on any atom is 0.165 e. The predicted octanol–water partition coefficient (Wildman–Crippen LogP) is 3.04. The maximum absolute atomic E-state index is 9.68. The molecule has 0 aromatic heterocycles. The topological polar surface area (TPSA) is 29.5 Å². The van der Waals surface area contributed by atoms with Crippen LogP contribution in [0.4, 0.5) is 0 Å². The molecule has 0 spiro atoms. The lowest BCUT2D eigenvalue weighted by atomic mass is 10.1. The Labute approximate surface area is 88.8 Å². The smallest absolute Gasteiger partial charge is 0.165 e. The fraction of sp³-hybridized carbons (Fsp3) is 0.273. The highest BCUT2D eigenvalue weighted by Gasteiger charge is 2.03. The number of rotatable bonds is 4. The molecule has 1 aromatic carbocycles. The van der Waals surface area contributed by atoms with Crippen molar-refractivity contribution in [1.82, 2.24) is 0 Å². The molecule has 0 aliphatic heterocycles. The summed E-state index contributed by atoms with van der Waals surface area (Å²) in [5, 5.41) is 9.68. The van der Waals surface area contributed by atoms with E-state index < -0.39 is 0 Å². The second kappa shape index (κ2) is 5.55. The van der Waals surface area contributed by atoms with Crippen LogP contribution >= 0.6 is 11.6 Å². The lowest BCUT2D eigenvalue weighted by Crippen LogP contribution is -1.84. The number of benzene rings is 1. The molecule has 76 valence electrons. The van der Waals surface area contributed by atoms with Crippen molar-refractivity contribution >= 4 is 17.7 Å². The van der Waals surface area contributed by atoms with Gasteiger partial charge in [-0.2, -0.15) is 0 Å². The summed E-state index contributed by atoms with van der Waals surface area (Å²) in [5.41, 5.74) is 0.745. The summed E-state index contributed by atoms with van der Waals surface area (Å²) >= 11 is 5.53. The van der Waals surface area contributed by atoms with E-state index in [-0.39, 0.29) is 5.75 Å². The van der Waals surface area contributed by atoms with Gasteiger partial charge in [-0.1, -0.05) is 24.3 Å². The normalized spacial score (nSPS) is 10.7. The van der Waals surface area contributed by atoms with Gasteiger partial charge < -0.3 is 9.84 Å². The Balaban J connectivity index is 2.86. The Morgan fingerprint density at radius 2 is 2.29 bits per heavy atom. The van der Waals surface area contributed by atoms with Crippen LogP contribution in [0.5, 0.6) is 11.5 Å². The van der Waals surface area contributed by atoms with Crippen molar-refractivity contribution in [2.45, 2.75) is 6.42 Å². The van der Waals surface area contributed by atoms with E-state index in [1.807, 2.05) is 24.3 Å². The molecule has 1 N–H and O–H groups in total. The zero-order valence-electron chi connectivity index (χ0n) is 8.03. The molecule has 0 heterocycles. The Morgan fingerprint density at radius 1 is 1.50 bits per heavy atom. The Morgan fingerprint density at radius 3 is 2.93 bits per heavy atom. The van der Waals surface area contributed by atoms with Crippen LogP contribution in [-0.2, 0) is 0 Å². The second-order valence-electron chi connectivity index (χ2n) is 2.78. The van der Waals surface area contributed by atoms with Crippen molar-refractivity contribution in [2.75, 3.05) is 13.0 Å². The number of methoxy groups -OCH3 is 1. The molecule has 0 fully saturated rings. The number of allylic oxidation sites excluding steroid dienone is 1. The summed E-state index contributed by atoms with van der Waals surface area (Å²) in [6, 6.07) is 5.37. The summed E-state index contributed by atoms with van der Waals surface area (Å²) in [6.45, 7) is 0. The van der Waals surface area contributed by atoms with Crippen molar-refractivity contribution < 1.29 is 9.84 Å². The van der Waals surface area contributed by atoms with E-state index in [1.54, 1.807) is 6.07 Å². The molecule has 2 nitrogen and oxygen atoms in total. The molecule has 0 atom stereocenters. The van der Waals surface area contributed by atoms with Gasteiger partial charge in [0.1, 0.15) is 0 Å². The highest BCUT2D eigenvalue weighted by atomic mass is 35.5. The molecule has 0 radical (unpaired) electrons. The average molecular weight is 213 g/mol. The maximum atomic E-state index is 9.68. The quantitative estimate of drug-likeness (QED) is 0.778. The van der Waals surface area contributed by atoms with Crippen LogP contribution in [-0.4, -0.2) is 18.1 Å². The number of alkyl halides is 1. The number of halogens is 1. The van der Waals surface area contributed by atoms with Gasteiger partial charge in [0.15, 0.2) is 11.5 Å². The van der Waals surface area contributed by atoms with Crippen LogP contribution < -0.4 is 4.74 Å². The predicted molar refractivity (Wildman–Crippen MR) is 59.0 cm³/mol. The van der Waals surface area contributed by atoms with Gasteiger partial charge in [0.25, 0.3) is 0 Å². The molecule has 0 bridgehead atoms. The largest absolute Gasteiger partial charge is 0.504 e. The minimum Gasteiger partial charge on any atom is -0.504 e. The van der Waals surface area contributed by atoms with E-state index in [1.165, 1.54) is 7.11 Å².